The lowest BCUT2D eigenvalue weighted by Crippen LogP contribution is -2.15. The minimum atomic E-state index is -0.336. The van der Waals surface area contributed by atoms with E-state index in [-0.39, 0.29) is 19.2 Å². The topological polar surface area (TPSA) is 62.1 Å². The molecule has 0 radical (unpaired) electrons. The van der Waals surface area contributed by atoms with Crippen molar-refractivity contribution >= 4 is 0 Å². The lowest BCUT2D eigenvalue weighted by molar-refractivity contribution is -0.0173. The molecule has 0 aliphatic carbocycles. The van der Waals surface area contributed by atoms with Gasteiger partial charge in [-0.05, 0) is 24.3 Å². The van der Waals surface area contributed by atoms with Crippen LogP contribution in [0.1, 0.15) is 16.7 Å². The maximum Gasteiger partial charge on any atom is 0.204 e. The number of rotatable bonds is 3. The Bertz CT molecular complexity index is 877. The molecule has 0 spiro atoms. The maximum absolute atomic E-state index is 13.8. The molecule has 7 heteroatoms. The predicted octanol–water partition coefficient (Wildman–Crippen LogP) is 2.70. The molecule has 1 aromatic heterocycles. The molecule has 0 N–H and O–H groups in total. The van der Waals surface area contributed by atoms with Crippen molar-refractivity contribution in [2.24, 2.45) is 0 Å². The SMILES string of the molecule is Cc1ccc(-c2nnn(Cc3cc(F)cc4c3OCOC4)n2)cc1. The number of aromatic nitrogens is 4. The zero-order valence-corrected chi connectivity index (χ0v) is 13.1. The smallest absolute Gasteiger partial charge is 0.204 e. The van der Waals surface area contributed by atoms with Crippen molar-refractivity contribution < 1.29 is 13.9 Å². The van der Waals surface area contributed by atoms with Crippen LogP contribution in [0, 0.1) is 12.7 Å². The van der Waals surface area contributed by atoms with Crippen LogP contribution < -0.4 is 4.74 Å². The van der Waals surface area contributed by atoms with Crippen molar-refractivity contribution in [3.63, 3.8) is 0 Å². The van der Waals surface area contributed by atoms with Crippen LogP contribution in [-0.2, 0) is 17.9 Å². The molecule has 1 aliphatic rings. The van der Waals surface area contributed by atoms with E-state index in [2.05, 4.69) is 15.4 Å². The van der Waals surface area contributed by atoms with Crippen LogP contribution >= 0.6 is 0 Å². The molecule has 0 bridgehead atoms. The van der Waals surface area contributed by atoms with Gasteiger partial charge in [-0.3, -0.25) is 0 Å². The van der Waals surface area contributed by atoms with E-state index in [1.54, 1.807) is 0 Å². The summed E-state index contributed by atoms with van der Waals surface area (Å²) < 4.78 is 24.5. The van der Waals surface area contributed by atoms with E-state index in [0.717, 1.165) is 11.1 Å². The molecule has 0 amide bonds. The summed E-state index contributed by atoms with van der Waals surface area (Å²) in [5.74, 6) is 0.832. The molecule has 4 rings (SSSR count). The van der Waals surface area contributed by atoms with Crippen LogP contribution in [-0.4, -0.2) is 27.0 Å². The summed E-state index contributed by atoms with van der Waals surface area (Å²) in [4.78, 5) is 1.43. The van der Waals surface area contributed by atoms with E-state index in [1.165, 1.54) is 16.9 Å². The third-order valence-corrected chi connectivity index (χ3v) is 3.83. The number of nitrogens with zero attached hydrogens (tertiary/aromatic N) is 4. The van der Waals surface area contributed by atoms with E-state index in [0.29, 0.717) is 29.3 Å². The number of tetrazole rings is 1. The van der Waals surface area contributed by atoms with E-state index in [9.17, 15) is 4.39 Å². The van der Waals surface area contributed by atoms with Gasteiger partial charge in [0.2, 0.25) is 5.82 Å². The zero-order chi connectivity index (χ0) is 16.5. The first-order chi connectivity index (χ1) is 11.7. The molecule has 0 saturated heterocycles. The van der Waals surface area contributed by atoms with Crippen LogP contribution in [0.5, 0.6) is 5.75 Å². The number of benzene rings is 2. The molecule has 2 heterocycles. The van der Waals surface area contributed by atoms with Crippen molar-refractivity contribution in [1.29, 1.82) is 0 Å². The van der Waals surface area contributed by atoms with Crippen LogP contribution in [0.25, 0.3) is 11.4 Å². The van der Waals surface area contributed by atoms with Gasteiger partial charge < -0.3 is 9.47 Å². The summed E-state index contributed by atoms with van der Waals surface area (Å²) in [5, 5.41) is 12.5. The number of hydrogen-bond acceptors (Lipinski definition) is 5. The zero-order valence-electron chi connectivity index (χ0n) is 13.1. The number of aryl methyl sites for hydroxylation is 1. The first-order valence-corrected chi connectivity index (χ1v) is 7.56. The van der Waals surface area contributed by atoms with Gasteiger partial charge >= 0.3 is 0 Å². The average Bonchev–Trinajstić information content (AvgIpc) is 3.04. The number of fused-ring (bicyclic) bond motifs is 1. The van der Waals surface area contributed by atoms with Crippen LogP contribution in [0.2, 0.25) is 0 Å². The van der Waals surface area contributed by atoms with Crippen LogP contribution in [0.4, 0.5) is 4.39 Å². The number of halogens is 1. The molecule has 24 heavy (non-hydrogen) atoms. The first-order valence-electron chi connectivity index (χ1n) is 7.56. The molecule has 6 nitrogen and oxygen atoms in total. The Kier molecular flexibility index (Phi) is 3.70. The van der Waals surface area contributed by atoms with Gasteiger partial charge in [0, 0.05) is 16.7 Å². The third-order valence-electron chi connectivity index (χ3n) is 3.83. The predicted molar refractivity (Wildman–Crippen MR) is 83.8 cm³/mol. The average molecular weight is 326 g/mol. The minimum Gasteiger partial charge on any atom is -0.467 e. The van der Waals surface area contributed by atoms with E-state index in [1.807, 2.05) is 31.2 Å². The Morgan fingerprint density at radius 2 is 2.04 bits per heavy atom. The second-order valence-corrected chi connectivity index (χ2v) is 5.67. The lowest BCUT2D eigenvalue weighted by Gasteiger charge is -2.20. The quantitative estimate of drug-likeness (QED) is 0.740. The molecule has 0 atom stereocenters. The fourth-order valence-electron chi connectivity index (χ4n) is 2.65. The first kappa shape index (κ1) is 14.8. The van der Waals surface area contributed by atoms with Gasteiger partial charge in [0.15, 0.2) is 6.79 Å². The van der Waals surface area contributed by atoms with Gasteiger partial charge in [0.05, 0.1) is 13.2 Å². The number of ether oxygens (including phenoxy) is 2. The van der Waals surface area contributed by atoms with Crippen molar-refractivity contribution in [2.75, 3.05) is 6.79 Å². The van der Waals surface area contributed by atoms with E-state index < -0.39 is 0 Å². The summed E-state index contributed by atoms with van der Waals surface area (Å²) in [6.45, 7) is 2.79. The van der Waals surface area contributed by atoms with Gasteiger partial charge in [-0.15, -0.1) is 10.2 Å². The van der Waals surface area contributed by atoms with Gasteiger partial charge in [-0.25, -0.2) is 4.39 Å². The molecule has 122 valence electrons. The van der Waals surface area contributed by atoms with Crippen LogP contribution in [0.15, 0.2) is 36.4 Å². The fourth-order valence-corrected chi connectivity index (χ4v) is 2.65. The third kappa shape index (κ3) is 2.85. The Morgan fingerprint density at radius 3 is 2.88 bits per heavy atom. The van der Waals surface area contributed by atoms with Gasteiger partial charge in [-0.2, -0.15) is 4.80 Å². The molecule has 1 aliphatic heterocycles. The largest absolute Gasteiger partial charge is 0.467 e. The van der Waals surface area contributed by atoms with Crippen LogP contribution in [0.3, 0.4) is 0 Å². The molecular weight excluding hydrogens is 311 g/mol. The van der Waals surface area contributed by atoms with Crippen molar-refractivity contribution in [3.05, 3.63) is 58.9 Å². The molecule has 0 unspecified atom stereocenters. The van der Waals surface area contributed by atoms with Gasteiger partial charge in [0.1, 0.15) is 11.6 Å². The van der Waals surface area contributed by atoms with E-state index >= 15 is 0 Å². The highest BCUT2D eigenvalue weighted by molar-refractivity contribution is 5.54. The normalized spacial score (nSPS) is 13.4. The number of hydrogen-bond donors (Lipinski definition) is 0. The Morgan fingerprint density at radius 1 is 1.21 bits per heavy atom. The standard InChI is InChI=1S/C17H15FN4O2/c1-11-2-4-12(5-3-11)17-19-21-22(20-17)8-13-6-15(18)7-14-9-23-10-24-16(13)14/h2-7H,8-10H2,1H3. The van der Waals surface area contributed by atoms with Crippen molar-refractivity contribution in [3.8, 4) is 17.1 Å². The Labute approximate surface area is 137 Å². The molecule has 0 saturated carbocycles. The van der Waals surface area contributed by atoms with E-state index in [4.69, 9.17) is 9.47 Å². The highest BCUT2D eigenvalue weighted by Crippen LogP contribution is 2.29. The molecule has 0 fully saturated rings. The second-order valence-electron chi connectivity index (χ2n) is 5.67. The summed E-state index contributed by atoms with van der Waals surface area (Å²) in [6, 6.07) is 10.7. The second kappa shape index (κ2) is 6.01. The highest BCUT2D eigenvalue weighted by Gasteiger charge is 2.18. The molecule has 2 aromatic carbocycles. The summed E-state index contributed by atoms with van der Waals surface area (Å²) in [6.07, 6.45) is 0. The van der Waals surface area contributed by atoms with Crippen molar-refractivity contribution in [1.82, 2.24) is 20.2 Å². The fraction of sp³-hybridized carbons (Fsp3) is 0.235. The van der Waals surface area contributed by atoms with Gasteiger partial charge in [0.25, 0.3) is 0 Å². The Balaban J connectivity index is 1.63. The lowest BCUT2D eigenvalue weighted by atomic mass is 10.1. The Hall–Kier alpha value is -2.80. The summed E-state index contributed by atoms with van der Waals surface area (Å²) in [7, 11) is 0. The highest BCUT2D eigenvalue weighted by atomic mass is 19.1. The molecule has 3 aromatic rings. The summed E-state index contributed by atoms with van der Waals surface area (Å²) in [5.41, 5.74) is 3.41. The summed E-state index contributed by atoms with van der Waals surface area (Å²) >= 11 is 0. The van der Waals surface area contributed by atoms with Gasteiger partial charge in [-0.1, -0.05) is 29.8 Å². The minimum absolute atomic E-state index is 0.158. The molecular formula is C17H15FN4O2. The monoisotopic (exact) mass is 326 g/mol. The van der Waals surface area contributed by atoms with Crippen molar-refractivity contribution in [2.45, 2.75) is 20.1 Å². The maximum atomic E-state index is 13.8.